The Kier molecular flexibility index (Phi) is 6.14. The Morgan fingerprint density at radius 3 is 1.68 bits per heavy atom. The highest BCUT2D eigenvalue weighted by atomic mass is 15.2. The summed E-state index contributed by atoms with van der Waals surface area (Å²) in [6, 6.07) is 8.77. The highest BCUT2D eigenvalue weighted by molar-refractivity contribution is 5.47. The molecule has 0 amide bonds. The number of aryl methyl sites for hydroxylation is 1. The van der Waals surface area contributed by atoms with Gasteiger partial charge in [0, 0.05) is 58.0 Å². The minimum Gasteiger partial charge on any atom is -0.369 e. The lowest BCUT2D eigenvalue weighted by Gasteiger charge is -2.29. The molecular weight excluding hydrogens is 236 g/mol. The summed E-state index contributed by atoms with van der Waals surface area (Å²) >= 11 is 0. The van der Waals surface area contributed by atoms with Crippen LogP contribution in [-0.2, 0) is 0 Å². The predicted octanol–water partition coefficient (Wildman–Crippen LogP) is 0.584. The highest BCUT2D eigenvalue weighted by Gasteiger charge is 2.08. The van der Waals surface area contributed by atoms with Gasteiger partial charge in [0.25, 0.3) is 0 Å². The van der Waals surface area contributed by atoms with Crippen LogP contribution in [0.2, 0.25) is 0 Å². The highest BCUT2D eigenvalue weighted by Crippen LogP contribution is 2.14. The molecular formula is C15H26N4. The minimum absolute atomic E-state index is 1.11. The molecule has 0 spiro atoms. The van der Waals surface area contributed by atoms with Crippen molar-refractivity contribution in [2.24, 2.45) is 0 Å². The molecule has 2 aliphatic heterocycles. The second-order valence-electron chi connectivity index (χ2n) is 5.07. The molecule has 0 radical (unpaired) electrons. The van der Waals surface area contributed by atoms with Crippen molar-refractivity contribution in [1.29, 1.82) is 0 Å². The monoisotopic (exact) mass is 262 g/mol. The van der Waals surface area contributed by atoms with E-state index in [1.165, 1.54) is 11.3 Å². The van der Waals surface area contributed by atoms with Crippen LogP contribution >= 0.6 is 0 Å². The molecule has 106 valence electrons. The number of hydrogen-bond acceptors (Lipinski definition) is 4. The van der Waals surface area contributed by atoms with Gasteiger partial charge in [-0.2, -0.15) is 0 Å². The first-order chi connectivity index (χ1) is 9.36. The van der Waals surface area contributed by atoms with Crippen molar-refractivity contribution < 1.29 is 0 Å². The molecule has 2 aliphatic rings. The average molecular weight is 262 g/mol. The van der Waals surface area contributed by atoms with Crippen molar-refractivity contribution in [3.05, 3.63) is 29.8 Å². The summed E-state index contributed by atoms with van der Waals surface area (Å²) in [7, 11) is 0. The molecule has 3 rings (SSSR count). The SMILES string of the molecule is C1CNCCN1.Cc1ccc(N2CCNCC2)cc1. The number of anilines is 1. The summed E-state index contributed by atoms with van der Waals surface area (Å²) < 4.78 is 0. The first-order valence-corrected chi connectivity index (χ1v) is 7.30. The maximum atomic E-state index is 3.35. The van der Waals surface area contributed by atoms with Gasteiger partial charge in [-0.15, -0.1) is 0 Å². The third-order valence-electron chi connectivity index (χ3n) is 3.47. The number of nitrogens with zero attached hydrogens (tertiary/aromatic N) is 1. The van der Waals surface area contributed by atoms with E-state index in [9.17, 15) is 0 Å². The lowest BCUT2D eigenvalue weighted by atomic mass is 10.2. The van der Waals surface area contributed by atoms with Crippen LogP contribution in [0.4, 0.5) is 5.69 Å². The first-order valence-electron chi connectivity index (χ1n) is 7.30. The molecule has 1 aromatic carbocycles. The quantitative estimate of drug-likeness (QED) is 0.692. The van der Waals surface area contributed by atoms with Crippen LogP contribution in [0.5, 0.6) is 0 Å². The standard InChI is InChI=1S/C11H16N2.C4H10N2/c1-10-2-4-11(5-3-10)13-8-6-12-7-9-13;1-2-6-4-3-5-1/h2-5,12H,6-9H2,1H3;5-6H,1-4H2. The Balaban J connectivity index is 0.000000186. The van der Waals surface area contributed by atoms with Crippen molar-refractivity contribution in [2.75, 3.05) is 57.3 Å². The van der Waals surface area contributed by atoms with Crippen LogP contribution in [-0.4, -0.2) is 52.4 Å². The van der Waals surface area contributed by atoms with E-state index < -0.39 is 0 Å². The zero-order valence-electron chi connectivity index (χ0n) is 11.9. The molecule has 0 aliphatic carbocycles. The molecule has 19 heavy (non-hydrogen) atoms. The van der Waals surface area contributed by atoms with Gasteiger partial charge in [-0.25, -0.2) is 0 Å². The molecule has 3 N–H and O–H groups in total. The summed E-state index contributed by atoms with van der Waals surface area (Å²) in [5, 5.41) is 9.80. The first kappa shape index (κ1) is 14.3. The summed E-state index contributed by atoms with van der Waals surface area (Å²) in [4.78, 5) is 2.43. The molecule has 0 bridgehead atoms. The molecule has 2 saturated heterocycles. The molecule has 4 nitrogen and oxygen atoms in total. The van der Waals surface area contributed by atoms with E-state index in [2.05, 4.69) is 52.0 Å². The third-order valence-corrected chi connectivity index (χ3v) is 3.47. The Hall–Kier alpha value is -1.10. The van der Waals surface area contributed by atoms with E-state index in [0.29, 0.717) is 0 Å². The van der Waals surface area contributed by atoms with Crippen LogP contribution in [0.3, 0.4) is 0 Å². The van der Waals surface area contributed by atoms with E-state index in [1.807, 2.05) is 0 Å². The fraction of sp³-hybridized carbons (Fsp3) is 0.600. The lowest BCUT2D eigenvalue weighted by molar-refractivity contribution is 0.534. The van der Waals surface area contributed by atoms with E-state index in [4.69, 9.17) is 0 Å². The Labute approximate surface area is 116 Å². The van der Waals surface area contributed by atoms with Crippen LogP contribution in [0.15, 0.2) is 24.3 Å². The van der Waals surface area contributed by atoms with Gasteiger partial charge in [-0.05, 0) is 19.1 Å². The molecule has 0 saturated carbocycles. The zero-order chi connectivity index (χ0) is 13.3. The molecule has 0 unspecified atom stereocenters. The van der Waals surface area contributed by atoms with Gasteiger partial charge in [0.15, 0.2) is 0 Å². The van der Waals surface area contributed by atoms with Gasteiger partial charge in [-0.1, -0.05) is 17.7 Å². The van der Waals surface area contributed by atoms with Crippen LogP contribution in [0, 0.1) is 6.92 Å². The molecule has 0 atom stereocenters. The number of piperazine rings is 2. The number of benzene rings is 1. The van der Waals surface area contributed by atoms with Gasteiger partial charge in [0.1, 0.15) is 0 Å². The van der Waals surface area contributed by atoms with Crippen LogP contribution in [0.1, 0.15) is 5.56 Å². The van der Waals surface area contributed by atoms with Crippen molar-refractivity contribution in [1.82, 2.24) is 16.0 Å². The molecule has 4 heteroatoms. The second kappa shape index (κ2) is 8.15. The van der Waals surface area contributed by atoms with Crippen molar-refractivity contribution >= 4 is 5.69 Å². The fourth-order valence-electron chi connectivity index (χ4n) is 2.28. The van der Waals surface area contributed by atoms with Gasteiger partial charge < -0.3 is 20.9 Å². The summed E-state index contributed by atoms with van der Waals surface area (Å²) in [5.74, 6) is 0. The van der Waals surface area contributed by atoms with Gasteiger partial charge in [0.05, 0.1) is 0 Å². The fourth-order valence-corrected chi connectivity index (χ4v) is 2.28. The van der Waals surface area contributed by atoms with Crippen LogP contribution < -0.4 is 20.9 Å². The predicted molar refractivity (Wildman–Crippen MR) is 82.0 cm³/mol. The molecule has 2 fully saturated rings. The summed E-state index contributed by atoms with van der Waals surface area (Å²) in [5.41, 5.74) is 2.69. The second-order valence-corrected chi connectivity index (χ2v) is 5.07. The van der Waals surface area contributed by atoms with E-state index >= 15 is 0 Å². The molecule has 0 aromatic heterocycles. The summed E-state index contributed by atoms with van der Waals surface area (Å²) in [6.07, 6.45) is 0. The normalized spacial score (nSPS) is 19.5. The Bertz CT molecular complexity index is 328. The van der Waals surface area contributed by atoms with Crippen molar-refractivity contribution in [3.63, 3.8) is 0 Å². The van der Waals surface area contributed by atoms with Gasteiger partial charge in [-0.3, -0.25) is 0 Å². The Morgan fingerprint density at radius 2 is 1.21 bits per heavy atom. The van der Waals surface area contributed by atoms with Gasteiger partial charge >= 0.3 is 0 Å². The number of nitrogens with one attached hydrogen (secondary N) is 3. The van der Waals surface area contributed by atoms with Crippen LogP contribution in [0.25, 0.3) is 0 Å². The average Bonchev–Trinajstić information content (AvgIpc) is 2.51. The van der Waals surface area contributed by atoms with Crippen molar-refractivity contribution in [2.45, 2.75) is 6.92 Å². The smallest absolute Gasteiger partial charge is 0.0367 e. The largest absolute Gasteiger partial charge is 0.369 e. The lowest BCUT2D eigenvalue weighted by Crippen LogP contribution is -2.43. The summed E-state index contributed by atoms with van der Waals surface area (Å²) in [6.45, 7) is 11.1. The Morgan fingerprint density at radius 1 is 0.737 bits per heavy atom. The van der Waals surface area contributed by atoms with E-state index in [0.717, 1.165) is 52.4 Å². The number of rotatable bonds is 1. The van der Waals surface area contributed by atoms with E-state index in [1.54, 1.807) is 0 Å². The van der Waals surface area contributed by atoms with Gasteiger partial charge in [0.2, 0.25) is 0 Å². The zero-order valence-corrected chi connectivity index (χ0v) is 11.9. The molecule has 2 heterocycles. The third kappa shape index (κ3) is 5.19. The molecule has 1 aromatic rings. The van der Waals surface area contributed by atoms with Crippen molar-refractivity contribution in [3.8, 4) is 0 Å². The van der Waals surface area contributed by atoms with E-state index in [-0.39, 0.29) is 0 Å². The topological polar surface area (TPSA) is 39.3 Å². The maximum absolute atomic E-state index is 3.35. The maximum Gasteiger partial charge on any atom is 0.0367 e. The minimum atomic E-state index is 1.11. The number of hydrogen-bond donors (Lipinski definition) is 3.